The van der Waals surface area contributed by atoms with E-state index in [-0.39, 0.29) is 26.8 Å². The molecule has 10 nitrogen and oxygen atoms in total. The first-order valence-corrected chi connectivity index (χ1v) is 9.95. The molecule has 1 unspecified atom stereocenters. The van der Waals surface area contributed by atoms with Crippen LogP contribution in [0.5, 0.6) is 0 Å². The molecule has 1 aromatic heterocycles. The van der Waals surface area contributed by atoms with Crippen LogP contribution in [0, 0.1) is 5.82 Å². The molecule has 0 aliphatic heterocycles. The lowest BCUT2D eigenvalue weighted by Crippen LogP contribution is -2.54. The lowest BCUT2D eigenvalue weighted by molar-refractivity contribution is -0.121. The van der Waals surface area contributed by atoms with Crippen molar-refractivity contribution in [3.8, 4) is 0 Å². The van der Waals surface area contributed by atoms with Crippen LogP contribution in [0.2, 0.25) is 0 Å². The van der Waals surface area contributed by atoms with Gasteiger partial charge in [-0.15, -0.1) is 0 Å². The number of aliphatic hydroxyl groups is 2. The molecule has 2 rings (SSSR count). The highest BCUT2D eigenvalue weighted by Crippen LogP contribution is 2.23. The quantitative estimate of drug-likeness (QED) is 0.121. The number of benzene rings is 1. The van der Waals surface area contributed by atoms with Gasteiger partial charge >= 0.3 is 0 Å². The predicted octanol–water partition coefficient (Wildman–Crippen LogP) is 1.56. The van der Waals surface area contributed by atoms with Crippen molar-refractivity contribution in [2.75, 3.05) is 17.7 Å². The summed E-state index contributed by atoms with van der Waals surface area (Å²) < 4.78 is 18.2. The highest BCUT2D eigenvalue weighted by molar-refractivity contribution is 9.10. The molecule has 0 radical (unpaired) electrons. The minimum absolute atomic E-state index is 0.0420. The lowest BCUT2D eigenvalue weighted by atomic mass is 9.98. The topological polar surface area (TPSA) is 153 Å². The number of anilines is 1. The molecule has 1 heterocycles. The van der Waals surface area contributed by atoms with Crippen LogP contribution in [-0.4, -0.2) is 61.5 Å². The molecule has 0 saturated carbocycles. The highest BCUT2D eigenvalue weighted by Gasteiger charge is 2.29. The van der Waals surface area contributed by atoms with Crippen molar-refractivity contribution < 1.29 is 29.2 Å². The second kappa shape index (κ2) is 10.0. The Hall–Kier alpha value is -2.22. The van der Waals surface area contributed by atoms with Crippen LogP contribution in [0.15, 0.2) is 37.5 Å². The fourth-order valence-electron chi connectivity index (χ4n) is 2.10. The molecule has 0 spiro atoms. The van der Waals surface area contributed by atoms with Crippen molar-refractivity contribution in [3.63, 3.8) is 0 Å². The molecule has 5 N–H and O–H groups in total. The third-order valence-corrected chi connectivity index (χ3v) is 5.33. The molecule has 0 saturated heterocycles. The van der Waals surface area contributed by atoms with Gasteiger partial charge < -0.3 is 26.1 Å². The third kappa shape index (κ3) is 6.13. The smallest absolute Gasteiger partial charge is 0.230 e. The van der Waals surface area contributed by atoms with E-state index in [1.54, 1.807) is 13.8 Å². The van der Waals surface area contributed by atoms with Gasteiger partial charge in [0.15, 0.2) is 10.7 Å². The summed E-state index contributed by atoms with van der Waals surface area (Å²) in [4.78, 5) is 12.1. The first-order chi connectivity index (χ1) is 13.7. The van der Waals surface area contributed by atoms with Gasteiger partial charge in [-0.1, -0.05) is 16.9 Å². The first-order valence-electron chi connectivity index (χ1n) is 8.17. The summed E-state index contributed by atoms with van der Waals surface area (Å²) in [7, 11) is 0. The Morgan fingerprint density at radius 1 is 1.45 bits per heavy atom. The highest BCUT2D eigenvalue weighted by atomic mass is 79.9. The number of rotatable bonds is 8. The van der Waals surface area contributed by atoms with Crippen LogP contribution < -0.4 is 10.6 Å². The summed E-state index contributed by atoms with van der Waals surface area (Å²) in [5.74, 6) is -1.12. The Morgan fingerprint density at radius 2 is 2.17 bits per heavy atom. The summed E-state index contributed by atoms with van der Waals surface area (Å²) in [5, 5.41) is 44.1. The van der Waals surface area contributed by atoms with E-state index in [0.29, 0.717) is 5.69 Å². The third-order valence-electron chi connectivity index (χ3n) is 3.77. The van der Waals surface area contributed by atoms with Gasteiger partial charge in [-0.05, 0) is 58.3 Å². The minimum atomic E-state index is -1.13. The molecule has 0 bridgehead atoms. The summed E-state index contributed by atoms with van der Waals surface area (Å²) in [5.41, 5.74) is -0.588. The predicted molar refractivity (Wildman–Crippen MR) is 106 cm³/mol. The van der Waals surface area contributed by atoms with Gasteiger partial charge in [-0.25, -0.2) is 9.02 Å². The van der Waals surface area contributed by atoms with Crippen LogP contribution in [0.1, 0.15) is 19.5 Å². The minimum Gasteiger partial charge on any atom is -0.409 e. The second-order valence-electron chi connectivity index (χ2n) is 6.38. The Balaban J connectivity index is 2.05. The zero-order chi connectivity index (χ0) is 21.6. The molecule has 0 aliphatic carbocycles. The van der Waals surface area contributed by atoms with Gasteiger partial charge in [0.2, 0.25) is 11.7 Å². The Kier molecular flexibility index (Phi) is 7.96. The molecule has 2 aromatic rings. The van der Waals surface area contributed by atoms with Crippen molar-refractivity contribution in [1.82, 2.24) is 15.6 Å². The van der Waals surface area contributed by atoms with Crippen LogP contribution in [0.4, 0.5) is 10.1 Å². The summed E-state index contributed by atoms with van der Waals surface area (Å²) >= 11 is 4.01. The summed E-state index contributed by atoms with van der Waals surface area (Å²) in [6.45, 7) is 2.64. The van der Waals surface area contributed by atoms with Crippen LogP contribution in [0.25, 0.3) is 0 Å². The standard InChI is InChI=1S/C16H19BrFN5O5S/c1-16(2,11(25)6-24)20-12(26)7-29-15-13(22-28-23-15)14(21-27)19-8-3-4-10(18)9(17)5-8/h3-5,11,24-25,27H,6-7H2,1-2H3,(H,19,21)(H,20,26). The monoisotopic (exact) mass is 491 g/mol. The lowest BCUT2D eigenvalue weighted by Gasteiger charge is -2.30. The van der Waals surface area contributed by atoms with Gasteiger partial charge in [-0.2, -0.15) is 0 Å². The fraction of sp³-hybridized carbons (Fsp3) is 0.375. The number of amidine groups is 1. The number of thioether (sulfide) groups is 1. The maximum Gasteiger partial charge on any atom is 0.230 e. The number of carbonyl (C=O) groups excluding carboxylic acids is 1. The van der Waals surface area contributed by atoms with Crippen LogP contribution in [-0.2, 0) is 4.79 Å². The molecule has 1 amide bonds. The molecule has 13 heteroatoms. The van der Waals surface area contributed by atoms with Gasteiger partial charge in [-0.3, -0.25) is 4.79 Å². The van der Waals surface area contributed by atoms with Gasteiger partial charge in [0.25, 0.3) is 0 Å². The van der Waals surface area contributed by atoms with E-state index in [1.807, 2.05) is 0 Å². The second-order valence-corrected chi connectivity index (χ2v) is 8.20. The fourth-order valence-corrected chi connectivity index (χ4v) is 3.18. The van der Waals surface area contributed by atoms with Gasteiger partial charge in [0, 0.05) is 5.69 Å². The normalized spacial score (nSPS) is 13.2. The zero-order valence-corrected chi connectivity index (χ0v) is 17.8. The van der Waals surface area contributed by atoms with E-state index in [0.717, 1.165) is 11.8 Å². The maximum absolute atomic E-state index is 13.4. The molecular weight excluding hydrogens is 473 g/mol. The van der Waals surface area contributed by atoms with Gasteiger partial charge in [0.1, 0.15) is 5.82 Å². The van der Waals surface area contributed by atoms with Crippen LogP contribution in [0.3, 0.4) is 0 Å². The largest absolute Gasteiger partial charge is 0.409 e. The summed E-state index contributed by atoms with van der Waals surface area (Å²) in [6.07, 6.45) is -1.13. The zero-order valence-electron chi connectivity index (χ0n) is 15.4. The van der Waals surface area contributed by atoms with E-state index < -0.39 is 30.0 Å². The van der Waals surface area contributed by atoms with Crippen molar-refractivity contribution in [2.24, 2.45) is 5.16 Å². The number of aliphatic hydroxyl groups excluding tert-OH is 2. The number of oxime groups is 1. The molecule has 158 valence electrons. The summed E-state index contributed by atoms with van der Waals surface area (Å²) in [6, 6.07) is 4.07. The number of hydrogen-bond donors (Lipinski definition) is 5. The van der Waals surface area contributed by atoms with Crippen molar-refractivity contribution in [2.45, 2.75) is 30.5 Å². The number of nitrogens with zero attached hydrogens (tertiary/aromatic N) is 3. The number of carbonyl (C=O) groups is 1. The van der Waals surface area contributed by atoms with E-state index in [9.17, 15) is 19.5 Å². The van der Waals surface area contributed by atoms with Crippen molar-refractivity contribution in [1.29, 1.82) is 0 Å². The average molecular weight is 492 g/mol. The average Bonchev–Trinajstić information content (AvgIpc) is 3.14. The van der Waals surface area contributed by atoms with Gasteiger partial charge in [0.05, 0.1) is 28.5 Å². The molecular formula is C16H19BrFN5O5S. The maximum atomic E-state index is 13.4. The Labute approximate surface area is 177 Å². The number of nitrogens with one attached hydrogen (secondary N) is 2. The number of aromatic nitrogens is 2. The Morgan fingerprint density at radius 3 is 2.79 bits per heavy atom. The van der Waals surface area contributed by atoms with Crippen LogP contribution >= 0.6 is 27.7 Å². The van der Waals surface area contributed by atoms with Crippen molar-refractivity contribution in [3.05, 3.63) is 34.2 Å². The SMILES string of the molecule is CC(C)(NC(=O)CSc1nonc1/C(=N\O)Nc1ccc(F)c(Br)c1)C(O)CO. The molecule has 1 atom stereocenters. The van der Waals surface area contributed by atoms with Crippen molar-refractivity contribution >= 4 is 45.1 Å². The first kappa shape index (κ1) is 23.1. The molecule has 0 aliphatic rings. The number of hydrogen-bond acceptors (Lipinski definition) is 9. The van der Waals surface area contributed by atoms with E-state index in [1.165, 1.54) is 18.2 Å². The molecule has 1 aromatic carbocycles. The Bertz CT molecular complexity index is 894. The number of halogens is 2. The van der Waals surface area contributed by atoms with E-state index >= 15 is 0 Å². The molecule has 29 heavy (non-hydrogen) atoms. The van der Waals surface area contributed by atoms with E-state index in [2.05, 4.69) is 46.7 Å². The number of amides is 1. The van der Waals surface area contributed by atoms with E-state index in [4.69, 9.17) is 5.11 Å². The molecule has 0 fully saturated rings.